The Morgan fingerprint density at radius 3 is 2.07 bits per heavy atom. The molecule has 0 aliphatic rings. The second kappa shape index (κ2) is 15.2. The largest absolute Gasteiger partial charge is 0.508 e. The molecule has 4 rings (SSSR count). The zero-order valence-corrected chi connectivity index (χ0v) is 24.2. The van der Waals surface area contributed by atoms with Crippen molar-refractivity contribution in [3.63, 3.8) is 0 Å². The van der Waals surface area contributed by atoms with E-state index in [0.717, 1.165) is 28.7 Å². The summed E-state index contributed by atoms with van der Waals surface area (Å²) in [6.45, 7) is 6.51. The average Bonchev–Trinajstić information content (AvgIpc) is 3.01. The Kier molecular flexibility index (Phi) is 10.9. The van der Waals surface area contributed by atoms with Crippen molar-refractivity contribution in [2.24, 2.45) is 0 Å². The van der Waals surface area contributed by atoms with Crippen LogP contribution in [0.1, 0.15) is 52.9 Å². The lowest BCUT2D eigenvalue weighted by atomic mass is 10.0. The molecule has 4 aromatic rings. The minimum absolute atomic E-state index is 0.191. The van der Waals surface area contributed by atoms with E-state index in [4.69, 9.17) is 14.2 Å². The molecule has 0 heterocycles. The third-order valence-electron chi connectivity index (χ3n) is 6.38. The maximum absolute atomic E-state index is 13.3. The molecular weight excluding hydrogens is 524 g/mol. The summed E-state index contributed by atoms with van der Waals surface area (Å²) in [6, 6.07) is 31.6. The first-order chi connectivity index (χ1) is 20.4. The summed E-state index contributed by atoms with van der Waals surface area (Å²) in [5, 5.41) is 9.71. The number of phenolic OH excluding ortho intramolecular Hbond substituents is 1. The van der Waals surface area contributed by atoms with E-state index in [0.29, 0.717) is 29.3 Å². The molecule has 0 saturated heterocycles. The Hall–Kier alpha value is -4.87. The summed E-state index contributed by atoms with van der Waals surface area (Å²) < 4.78 is 17.6. The van der Waals surface area contributed by atoms with Gasteiger partial charge in [0.25, 0.3) is 0 Å². The number of carbonyl (C=O) groups is 1. The summed E-state index contributed by atoms with van der Waals surface area (Å²) in [7, 11) is 0. The Morgan fingerprint density at radius 2 is 1.43 bits per heavy atom. The fourth-order valence-corrected chi connectivity index (χ4v) is 4.09. The van der Waals surface area contributed by atoms with Gasteiger partial charge in [0.05, 0.1) is 5.56 Å². The van der Waals surface area contributed by atoms with Crippen LogP contribution in [0, 0.1) is 6.92 Å². The lowest BCUT2D eigenvalue weighted by Gasteiger charge is -2.17. The normalized spacial score (nSPS) is 12.7. The highest BCUT2D eigenvalue weighted by molar-refractivity contribution is 5.91. The lowest BCUT2D eigenvalue weighted by Crippen LogP contribution is -2.19. The first kappa shape index (κ1) is 30.1. The van der Waals surface area contributed by atoms with Crippen LogP contribution in [0.5, 0.6) is 11.5 Å². The first-order valence-corrected chi connectivity index (χ1v) is 14.1. The van der Waals surface area contributed by atoms with Crippen molar-refractivity contribution in [1.82, 2.24) is 0 Å². The molecule has 0 amide bonds. The van der Waals surface area contributed by atoms with E-state index in [1.807, 2.05) is 124 Å². The van der Waals surface area contributed by atoms with Crippen molar-refractivity contribution in [1.29, 1.82) is 0 Å². The molecule has 5 nitrogen and oxygen atoms in total. The predicted octanol–water partition coefficient (Wildman–Crippen LogP) is 8.85. The van der Waals surface area contributed by atoms with Crippen molar-refractivity contribution in [2.75, 3.05) is 6.61 Å². The monoisotopic (exact) mass is 560 g/mol. The molecular formula is C37H36O5. The van der Waals surface area contributed by atoms with Gasteiger partial charge in [0.15, 0.2) is 6.29 Å². The number of benzene rings is 4. The van der Waals surface area contributed by atoms with Crippen LogP contribution in [-0.4, -0.2) is 24.0 Å². The zero-order valence-electron chi connectivity index (χ0n) is 24.2. The predicted molar refractivity (Wildman–Crippen MR) is 169 cm³/mol. The van der Waals surface area contributed by atoms with Gasteiger partial charge in [0.1, 0.15) is 17.3 Å². The summed E-state index contributed by atoms with van der Waals surface area (Å²) in [4.78, 5) is 13.3. The quantitative estimate of drug-likeness (QED) is 0.0811. The van der Waals surface area contributed by atoms with Gasteiger partial charge in [-0.2, -0.15) is 0 Å². The number of hydrogen-bond acceptors (Lipinski definition) is 5. The van der Waals surface area contributed by atoms with Crippen LogP contribution in [-0.2, 0) is 9.47 Å². The minimum Gasteiger partial charge on any atom is -0.508 e. The van der Waals surface area contributed by atoms with Crippen LogP contribution in [0.4, 0.5) is 0 Å². The smallest absolute Gasteiger partial charge is 0.343 e. The molecule has 0 aromatic heterocycles. The second-order valence-corrected chi connectivity index (χ2v) is 9.68. The Bertz CT molecular complexity index is 1510. The van der Waals surface area contributed by atoms with Crippen LogP contribution in [0.3, 0.4) is 0 Å². The number of phenols is 1. The number of allylic oxidation sites excluding steroid dienone is 1. The van der Waals surface area contributed by atoms with Crippen LogP contribution < -0.4 is 4.74 Å². The summed E-state index contributed by atoms with van der Waals surface area (Å²) in [5.74, 6) is 0.840. The van der Waals surface area contributed by atoms with E-state index in [1.165, 1.54) is 0 Å². The molecule has 0 aliphatic carbocycles. The molecule has 4 aromatic carbocycles. The summed E-state index contributed by atoms with van der Waals surface area (Å²) in [6.07, 6.45) is 8.05. The molecule has 0 aliphatic heterocycles. The topological polar surface area (TPSA) is 65.0 Å². The highest BCUT2D eigenvalue weighted by atomic mass is 16.7. The Labute approximate surface area is 248 Å². The second-order valence-electron chi connectivity index (χ2n) is 9.68. The van der Waals surface area contributed by atoms with Crippen LogP contribution in [0.25, 0.3) is 18.2 Å². The lowest BCUT2D eigenvalue weighted by molar-refractivity contribution is -0.0766. The SMILES string of the molecule is CCOC(CC)Oc1ccc(C=C(C=Cc2ccc(O)cc2)C(=Cc2ccccc2)OC(=O)c2ccc(C)cc2)cc1. The number of aromatic hydroxyl groups is 1. The van der Waals surface area contributed by atoms with E-state index >= 15 is 0 Å². The standard InChI is InChI=1S/C37H36O5/c1-4-36(40-5-2)41-34-23-16-30(17-24-34)25-32(20-13-28-14-21-33(38)22-15-28)35(26-29-9-7-6-8-10-29)42-37(39)31-18-11-27(3)12-19-31/h6-26,36,38H,4-5H2,1-3H3. The van der Waals surface area contributed by atoms with Gasteiger partial charge in [-0.15, -0.1) is 0 Å². The van der Waals surface area contributed by atoms with E-state index < -0.39 is 5.97 Å². The van der Waals surface area contributed by atoms with Gasteiger partial charge < -0.3 is 19.3 Å². The van der Waals surface area contributed by atoms with Gasteiger partial charge in [-0.25, -0.2) is 4.79 Å². The van der Waals surface area contributed by atoms with Gasteiger partial charge in [-0.05, 0) is 79.1 Å². The van der Waals surface area contributed by atoms with E-state index in [-0.39, 0.29) is 12.0 Å². The van der Waals surface area contributed by atoms with Crippen molar-refractivity contribution in [3.8, 4) is 11.5 Å². The first-order valence-electron chi connectivity index (χ1n) is 14.1. The number of ether oxygens (including phenoxy) is 3. The number of aryl methyl sites for hydroxylation is 1. The third kappa shape index (κ3) is 9.08. The highest BCUT2D eigenvalue weighted by Crippen LogP contribution is 2.25. The molecule has 1 N–H and O–H groups in total. The van der Waals surface area contributed by atoms with Gasteiger partial charge in [-0.3, -0.25) is 0 Å². The van der Waals surface area contributed by atoms with Crippen LogP contribution >= 0.6 is 0 Å². The van der Waals surface area contributed by atoms with Gasteiger partial charge >= 0.3 is 5.97 Å². The Morgan fingerprint density at radius 1 is 0.786 bits per heavy atom. The highest BCUT2D eigenvalue weighted by Gasteiger charge is 2.14. The summed E-state index contributed by atoms with van der Waals surface area (Å²) >= 11 is 0. The zero-order chi connectivity index (χ0) is 29.7. The van der Waals surface area contributed by atoms with Gasteiger partial charge in [0, 0.05) is 18.6 Å². The molecule has 0 radical (unpaired) electrons. The maximum atomic E-state index is 13.3. The van der Waals surface area contributed by atoms with Crippen molar-refractivity contribution in [2.45, 2.75) is 33.5 Å². The van der Waals surface area contributed by atoms with Gasteiger partial charge in [-0.1, -0.05) is 91.4 Å². The molecule has 0 fully saturated rings. The van der Waals surface area contributed by atoms with E-state index in [1.54, 1.807) is 24.3 Å². The fraction of sp³-hybridized carbons (Fsp3) is 0.162. The molecule has 1 unspecified atom stereocenters. The van der Waals surface area contributed by atoms with Crippen LogP contribution in [0.15, 0.2) is 121 Å². The van der Waals surface area contributed by atoms with Crippen molar-refractivity contribution in [3.05, 3.63) is 148 Å². The maximum Gasteiger partial charge on any atom is 0.343 e. The van der Waals surface area contributed by atoms with Crippen LogP contribution in [0.2, 0.25) is 0 Å². The molecule has 5 heteroatoms. The number of esters is 1. The molecule has 42 heavy (non-hydrogen) atoms. The van der Waals surface area contributed by atoms with Crippen molar-refractivity contribution < 1.29 is 24.1 Å². The fourth-order valence-electron chi connectivity index (χ4n) is 4.09. The minimum atomic E-state index is -0.452. The number of rotatable bonds is 12. The van der Waals surface area contributed by atoms with Gasteiger partial charge in [0.2, 0.25) is 0 Å². The summed E-state index contributed by atoms with van der Waals surface area (Å²) in [5.41, 5.74) is 4.86. The number of carbonyl (C=O) groups excluding carboxylic acids is 1. The Balaban J connectivity index is 1.74. The van der Waals surface area contributed by atoms with E-state index in [2.05, 4.69) is 0 Å². The average molecular weight is 561 g/mol. The van der Waals surface area contributed by atoms with E-state index in [9.17, 15) is 9.90 Å². The molecule has 214 valence electrons. The third-order valence-corrected chi connectivity index (χ3v) is 6.38. The number of hydrogen-bond donors (Lipinski definition) is 1. The molecule has 0 saturated carbocycles. The molecule has 0 spiro atoms. The molecule has 1 atom stereocenters. The van der Waals surface area contributed by atoms with Crippen molar-refractivity contribution >= 4 is 24.2 Å². The molecule has 0 bridgehead atoms.